The Hall–Kier alpha value is -0.830. The molecule has 74 valence electrons. The van der Waals surface area contributed by atoms with E-state index in [0.717, 1.165) is 12.8 Å². The summed E-state index contributed by atoms with van der Waals surface area (Å²) in [6.45, 7) is 4.35. The second-order valence-electron chi connectivity index (χ2n) is 4.35. The molecule has 0 aliphatic heterocycles. The van der Waals surface area contributed by atoms with Crippen LogP contribution in [0.2, 0.25) is 0 Å². The Morgan fingerprint density at radius 2 is 2.08 bits per heavy atom. The molecule has 0 saturated carbocycles. The van der Waals surface area contributed by atoms with Crippen LogP contribution in [0, 0.1) is 5.92 Å². The molecular formula is C10H18N2O. The van der Waals surface area contributed by atoms with E-state index in [0.29, 0.717) is 6.54 Å². The van der Waals surface area contributed by atoms with E-state index in [-0.39, 0.29) is 17.4 Å². The minimum Gasteiger partial charge on any atom is -0.354 e. The number of carbonyl (C=O) groups is 1. The molecule has 0 bridgehead atoms. The number of carbonyl (C=O) groups excluding carboxylic acids is 1. The first-order valence-electron chi connectivity index (χ1n) is 4.70. The van der Waals surface area contributed by atoms with Crippen molar-refractivity contribution >= 4 is 5.91 Å². The maximum Gasteiger partial charge on any atom is 0.223 e. The van der Waals surface area contributed by atoms with Gasteiger partial charge in [0.05, 0.1) is 0 Å². The third kappa shape index (κ3) is 3.59. The maximum atomic E-state index is 11.5. The van der Waals surface area contributed by atoms with Crippen LogP contribution in [0.3, 0.4) is 0 Å². The van der Waals surface area contributed by atoms with Crippen molar-refractivity contribution in [3.63, 3.8) is 0 Å². The van der Waals surface area contributed by atoms with Crippen LogP contribution >= 0.6 is 0 Å². The number of rotatable bonds is 3. The molecule has 1 aliphatic carbocycles. The van der Waals surface area contributed by atoms with E-state index < -0.39 is 0 Å². The molecule has 0 aromatic heterocycles. The quantitative estimate of drug-likeness (QED) is 0.634. The van der Waals surface area contributed by atoms with Crippen molar-refractivity contribution in [3.05, 3.63) is 12.2 Å². The van der Waals surface area contributed by atoms with E-state index in [9.17, 15) is 4.79 Å². The van der Waals surface area contributed by atoms with Gasteiger partial charge in [0.15, 0.2) is 0 Å². The smallest absolute Gasteiger partial charge is 0.223 e. The molecule has 0 fully saturated rings. The van der Waals surface area contributed by atoms with Gasteiger partial charge in [-0.1, -0.05) is 12.2 Å². The van der Waals surface area contributed by atoms with E-state index in [1.165, 1.54) is 0 Å². The van der Waals surface area contributed by atoms with Crippen LogP contribution in [0.1, 0.15) is 26.7 Å². The summed E-state index contributed by atoms with van der Waals surface area (Å²) in [5.74, 6) is 0.269. The molecule has 0 heterocycles. The lowest BCUT2D eigenvalue weighted by atomic mass is 10.0. The molecule has 0 spiro atoms. The Morgan fingerprint density at radius 3 is 2.54 bits per heavy atom. The first-order valence-corrected chi connectivity index (χ1v) is 4.70. The third-order valence-corrected chi connectivity index (χ3v) is 2.10. The van der Waals surface area contributed by atoms with E-state index in [4.69, 9.17) is 5.73 Å². The highest BCUT2D eigenvalue weighted by molar-refractivity contribution is 5.79. The molecule has 1 rings (SSSR count). The van der Waals surface area contributed by atoms with Gasteiger partial charge in [-0.3, -0.25) is 4.79 Å². The number of allylic oxidation sites excluding steroid dienone is 2. The zero-order valence-corrected chi connectivity index (χ0v) is 8.34. The lowest BCUT2D eigenvalue weighted by molar-refractivity contribution is -0.124. The van der Waals surface area contributed by atoms with E-state index in [2.05, 4.69) is 17.5 Å². The lowest BCUT2D eigenvalue weighted by Gasteiger charge is -2.20. The monoisotopic (exact) mass is 182 g/mol. The van der Waals surface area contributed by atoms with Crippen LogP contribution in [-0.2, 0) is 4.79 Å². The van der Waals surface area contributed by atoms with E-state index in [1.807, 2.05) is 13.8 Å². The standard InChI is InChI=1S/C10H18N2O/c1-10(2,11)7-12-9(13)8-5-3-4-6-8/h3-4,8H,5-7,11H2,1-2H3,(H,12,13). The van der Waals surface area contributed by atoms with Gasteiger partial charge in [0, 0.05) is 18.0 Å². The summed E-state index contributed by atoms with van der Waals surface area (Å²) in [4.78, 5) is 11.5. The van der Waals surface area contributed by atoms with Gasteiger partial charge in [-0.05, 0) is 26.7 Å². The Labute approximate surface area is 79.4 Å². The van der Waals surface area contributed by atoms with Gasteiger partial charge >= 0.3 is 0 Å². The predicted octanol–water partition coefficient (Wildman–Crippen LogP) is 0.806. The molecule has 1 aliphatic rings. The average Bonchev–Trinajstić information content (AvgIpc) is 2.50. The Kier molecular flexibility index (Phi) is 3.09. The molecule has 3 nitrogen and oxygen atoms in total. The van der Waals surface area contributed by atoms with Crippen LogP contribution in [0.25, 0.3) is 0 Å². The first kappa shape index (κ1) is 10.3. The minimum atomic E-state index is -0.318. The number of nitrogens with two attached hydrogens (primary N) is 1. The first-order chi connectivity index (χ1) is 5.99. The summed E-state index contributed by atoms with van der Waals surface area (Å²) in [6.07, 6.45) is 5.85. The summed E-state index contributed by atoms with van der Waals surface area (Å²) in [5, 5.41) is 2.86. The Balaban J connectivity index is 2.26. The van der Waals surface area contributed by atoms with Gasteiger partial charge < -0.3 is 11.1 Å². The minimum absolute atomic E-state index is 0.128. The summed E-state index contributed by atoms with van der Waals surface area (Å²) < 4.78 is 0. The van der Waals surface area contributed by atoms with Gasteiger partial charge in [-0.15, -0.1) is 0 Å². The second-order valence-corrected chi connectivity index (χ2v) is 4.35. The van der Waals surface area contributed by atoms with Crippen LogP contribution in [-0.4, -0.2) is 18.0 Å². The van der Waals surface area contributed by atoms with Gasteiger partial charge in [0.2, 0.25) is 5.91 Å². The number of nitrogens with one attached hydrogen (secondary N) is 1. The van der Waals surface area contributed by atoms with Gasteiger partial charge in [0.25, 0.3) is 0 Å². The third-order valence-electron chi connectivity index (χ3n) is 2.10. The fourth-order valence-corrected chi connectivity index (χ4v) is 1.29. The Morgan fingerprint density at radius 1 is 1.54 bits per heavy atom. The van der Waals surface area contributed by atoms with Crippen molar-refractivity contribution < 1.29 is 4.79 Å². The molecule has 0 aromatic rings. The molecule has 0 aromatic carbocycles. The molecule has 3 N–H and O–H groups in total. The van der Waals surface area contributed by atoms with Gasteiger partial charge in [0.1, 0.15) is 0 Å². The SMILES string of the molecule is CC(C)(N)CNC(=O)C1CC=CC1. The molecule has 3 heteroatoms. The Bertz CT molecular complexity index is 207. The summed E-state index contributed by atoms with van der Waals surface area (Å²) >= 11 is 0. The summed E-state index contributed by atoms with van der Waals surface area (Å²) in [7, 11) is 0. The van der Waals surface area contributed by atoms with Gasteiger partial charge in [-0.2, -0.15) is 0 Å². The second kappa shape index (κ2) is 3.92. The molecular weight excluding hydrogens is 164 g/mol. The van der Waals surface area contributed by atoms with Crippen molar-refractivity contribution in [1.29, 1.82) is 0 Å². The molecule has 0 atom stereocenters. The zero-order chi connectivity index (χ0) is 9.90. The topological polar surface area (TPSA) is 55.1 Å². The van der Waals surface area contributed by atoms with Crippen molar-refractivity contribution in [1.82, 2.24) is 5.32 Å². The predicted molar refractivity (Wildman–Crippen MR) is 53.1 cm³/mol. The number of amides is 1. The van der Waals surface area contributed by atoms with Crippen molar-refractivity contribution in [2.24, 2.45) is 11.7 Å². The van der Waals surface area contributed by atoms with E-state index in [1.54, 1.807) is 0 Å². The summed E-state index contributed by atoms with van der Waals surface area (Å²) in [5.41, 5.74) is 5.43. The van der Waals surface area contributed by atoms with Crippen LogP contribution in [0.15, 0.2) is 12.2 Å². The normalized spacial score (nSPS) is 17.8. The van der Waals surface area contributed by atoms with Crippen LogP contribution < -0.4 is 11.1 Å². The number of hydrogen-bond donors (Lipinski definition) is 2. The lowest BCUT2D eigenvalue weighted by Crippen LogP contribution is -2.46. The van der Waals surface area contributed by atoms with Crippen LogP contribution in [0.5, 0.6) is 0 Å². The molecule has 0 radical (unpaired) electrons. The van der Waals surface area contributed by atoms with Gasteiger partial charge in [-0.25, -0.2) is 0 Å². The van der Waals surface area contributed by atoms with Crippen molar-refractivity contribution in [2.45, 2.75) is 32.2 Å². The molecule has 13 heavy (non-hydrogen) atoms. The molecule has 1 amide bonds. The summed E-state index contributed by atoms with van der Waals surface area (Å²) in [6, 6.07) is 0. The average molecular weight is 182 g/mol. The highest BCUT2D eigenvalue weighted by Crippen LogP contribution is 2.17. The fraction of sp³-hybridized carbons (Fsp3) is 0.700. The zero-order valence-electron chi connectivity index (χ0n) is 8.34. The highest BCUT2D eigenvalue weighted by atomic mass is 16.1. The van der Waals surface area contributed by atoms with Crippen molar-refractivity contribution in [2.75, 3.05) is 6.54 Å². The fourth-order valence-electron chi connectivity index (χ4n) is 1.29. The maximum absolute atomic E-state index is 11.5. The van der Waals surface area contributed by atoms with E-state index >= 15 is 0 Å². The highest BCUT2D eigenvalue weighted by Gasteiger charge is 2.20. The van der Waals surface area contributed by atoms with Crippen molar-refractivity contribution in [3.8, 4) is 0 Å². The largest absolute Gasteiger partial charge is 0.354 e. The molecule has 0 saturated heterocycles. The molecule has 0 unspecified atom stereocenters. The van der Waals surface area contributed by atoms with Crippen LogP contribution in [0.4, 0.5) is 0 Å². The number of hydrogen-bond acceptors (Lipinski definition) is 2.